The number of hydrogen-bond donors (Lipinski definition) is 1. The maximum absolute atomic E-state index is 13.4. The van der Waals surface area contributed by atoms with E-state index in [0.717, 1.165) is 34.7 Å². The van der Waals surface area contributed by atoms with Gasteiger partial charge in [0.05, 0.1) is 21.1 Å². The highest BCUT2D eigenvalue weighted by atomic mass is 35.5. The van der Waals surface area contributed by atoms with Crippen LogP contribution >= 0.6 is 22.9 Å². The van der Waals surface area contributed by atoms with Crippen LogP contribution < -0.4 is 5.32 Å². The number of rotatable bonds is 16. The molecule has 198 valence electrons. The number of likely N-dealkylation sites (N-methyl/N-ethyl adjacent to an activating group) is 1. The van der Waals surface area contributed by atoms with E-state index in [-0.39, 0.29) is 35.9 Å². The third-order valence-corrected chi connectivity index (χ3v) is 8.04. The molecular formula is C28H40ClN3O3S. The second-order valence-electron chi connectivity index (χ2n) is 9.55. The zero-order valence-corrected chi connectivity index (χ0v) is 23.8. The van der Waals surface area contributed by atoms with Gasteiger partial charge >= 0.3 is 0 Å². The molecule has 0 unspecified atom stereocenters. The van der Waals surface area contributed by atoms with Gasteiger partial charge in [0, 0.05) is 42.4 Å². The fourth-order valence-electron chi connectivity index (χ4n) is 4.20. The van der Waals surface area contributed by atoms with E-state index in [1.807, 2.05) is 12.1 Å². The normalized spacial score (nSPS) is 14.0. The first-order valence-corrected chi connectivity index (χ1v) is 14.0. The molecule has 0 radical (unpaired) electrons. The quantitative estimate of drug-likeness (QED) is 0.273. The monoisotopic (exact) mass is 533 g/mol. The molecule has 2 aromatic rings. The van der Waals surface area contributed by atoms with Crippen LogP contribution in [0.5, 0.6) is 0 Å². The molecule has 0 aliphatic carbocycles. The van der Waals surface area contributed by atoms with Crippen molar-refractivity contribution < 1.29 is 14.4 Å². The van der Waals surface area contributed by atoms with E-state index >= 15 is 0 Å². The fraction of sp³-hybridized carbons (Fsp3) is 0.571. The third kappa shape index (κ3) is 9.09. The Labute approximate surface area is 224 Å². The SMILES string of the molecule is C=C(CN(CC)CC)C(=O)CC[C@@H](NC(=O)[C@@H](CC(C)=O)Cc1nc2ccc(Cl)cc2s1)[C@@H](C)CC. The first-order chi connectivity index (χ1) is 17.1. The van der Waals surface area contributed by atoms with Crippen LogP contribution in [0, 0.1) is 11.8 Å². The summed E-state index contributed by atoms with van der Waals surface area (Å²) in [6.07, 6.45) is 2.29. The zero-order chi connectivity index (χ0) is 26.8. The fourth-order valence-corrected chi connectivity index (χ4v) is 5.52. The minimum Gasteiger partial charge on any atom is -0.353 e. The third-order valence-electron chi connectivity index (χ3n) is 6.76. The molecule has 0 aliphatic heterocycles. The van der Waals surface area contributed by atoms with Crippen molar-refractivity contribution in [2.45, 2.75) is 72.8 Å². The van der Waals surface area contributed by atoms with E-state index in [0.29, 0.717) is 36.4 Å². The maximum Gasteiger partial charge on any atom is 0.224 e. The van der Waals surface area contributed by atoms with Crippen LogP contribution in [0.25, 0.3) is 10.2 Å². The minimum absolute atomic E-state index is 0.0396. The Morgan fingerprint density at radius 1 is 1.19 bits per heavy atom. The molecule has 8 heteroatoms. The summed E-state index contributed by atoms with van der Waals surface area (Å²) in [5.74, 6) is -0.485. The van der Waals surface area contributed by atoms with E-state index in [9.17, 15) is 14.4 Å². The van der Waals surface area contributed by atoms with Crippen molar-refractivity contribution in [3.63, 3.8) is 0 Å². The van der Waals surface area contributed by atoms with Crippen LogP contribution in [0.1, 0.15) is 65.3 Å². The maximum atomic E-state index is 13.4. The van der Waals surface area contributed by atoms with E-state index in [4.69, 9.17) is 11.6 Å². The molecular weight excluding hydrogens is 494 g/mol. The number of Topliss-reactive ketones (excluding diaryl/α,β-unsaturated/α-hetero) is 2. The van der Waals surface area contributed by atoms with Crippen LogP contribution in [0.2, 0.25) is 5.02 Å². The molecule has 0 bridgehead atoms. The van der Waals surface area contributed by atoms with Crippen molar-refractivity contribution in [2.24, 2.45) is 11.8 Å². The molecule has 1 heterocycles. The van der Waals surface area contributed by atoms with Crippen molar-refractivity contribution in [1.29, 1.82) is 0 Å². The lowest BCUT2D eigenvalue weighted by Gasteiger charge is -2.27. The first kappa shape index (κ1) is 30.1. The van der Waals surface area contributed by atoms with Crippen molar-refractivity contribution in [3.8, 4) is 0 Å². The second kappa shape index (κ2) is 14.6. The van der Waals surface area contributed by atoms with Gasteiger partial charge in [0.15, 0.2) is 5.78 Å². The zero-order valence-electron chi connectivity index (χ0n) is 22.2. The van der Waals surface area contributed by atoms with Gasteiger partial charge in [-0.3, -0.25) is 14.5 Å². The lowest BCUT2D eigenvalue weighted by Crippen LogP contribution is -2.43. The van der Waals surface area contributed by atoms with E-state index < -0.39 is 5.92 Å². The number of aromatic nitrogens is 1. The summed E-state index contributed by atoms with van der Waals surface area (Å²) in [5.41, 5.74) is 1.45. The number of halogens is 1. The Morgan fingerprint density at radius 2 is 1.89 bits per heavy atom. The smallest absolute Gasteiger partial charge is 0.224 e. The summed E-state index contributed by atoms with van der Waals surface area (Å²) >= 11 is 7.60. The van der Waals surface area contributed by atoms with Crippen LogP contribution in [-0.2, 0) is 20.8 Å². The van der Waals surface area contributed by atoms with Crippen molar-refractivity contribution >= 4 is 50.6 Å². The van der Waals surface area contributed by atoms with Crippen LogP contribution in [0.15, 0.2) is 30.4 Å². The topological polar surface area (TPSA) is 79.4 Å². The molecule has 0 spiro atoms. The number of ketones is 2. The average Bonchev–Trinajstić information content (AvgIpc) is 3.24. The number of thiazole rings is 1. The van der Waals surface area contributed by atoms with Gasteiger partial charge in [0.2, 0.25) is 5.91 Å². The summed E-state index contributed by atoms with van der Waals surface area (Å²) < 4.78 is 0.959. The van der Waals surface area contributed by atoms with Crippen molar-refractivity contribution in [3.05, 3.63) is 40.4 Å². The lowest BCUT2D eigenvalue weighted by molar-refractivity contribution is -0.129. The molecule has 0 saturated heterocycles. The van der Waals surface area contributed by atoms with E-state index in [1.54, 1.807) is 6.07 Å². The van der Waals surface area contributed by atoms with Gasteiger partial charge in [0.1, 0.15) is 5.78 Å². The number of nitrogens with zero attached hydrogens (tertiary/aromatic N) is 2. The summed E-state index contributed by atoms with van der Waals surface area (Å²) in [6, 6.07) is 5.36. The highest BCUT2D eigenvalue weighted by Gasteiger charge is 2.27. The molecule has 1 amide bonds. The van der Waals surface area contributed by atoms with Gasteiger partial charge in [-0.15, -0.1) is 11.3 Å². The lowest BCUT2D eigenvalue weighted by atomic mass is 9.91. The van der Waals surface area contributed by atoms with Gasteiger partial charge in [-0.25, -0.2) is 4.98 Å². The van der Waals surface area contributed by atoms with Gasteiger partial charge < -0.3 is 10.1 Å². The number of amides is 1. The number of benzene rings is 1. The van der Waals surface area contributed by atoms with Crippen molar-refractivity contribution in [2.75, 3.05) is 19.6 Å². The molecule has 1 aromatic heterocycles. The van der Waals surface area contributed by atoms with Crippen LogP contribution in [-0.4, -0.2) is 53.0 Å². The first-order valence-electron chi connectivity index (χ1n) is 12.9. The molecule has 1 aromatic carbocycles. The summed E-state index contributed by atoms with van der Waals surface area (Å²) in [6.45, 7) is 16.1. The van der Waals surface area contributed by atoms with Gasteiger partial charge in [-0.05, 0) is 50.6 Å². The average molecular weight is 534 g/mol. The molecule has 0 aliphatic rings. The Bertz CT molecular complexity index is 1060. The van der Waals surface area contributed by atoms with Gasteiger partial charge in [-0.2, -0.15) is 0 Å². The number of nitrogens with one attached hydrogen (secondary N) is 1. The Hall–Kier alpha value is -2.09. The molecule has 1 N–H and O–H groups in total. The van der Waals surface area contributed by atoms with E-state index in [1.165, 1.54) is 18.3 Å². The molecule has 2 rings (SSSR count). The number of hydrogen-bond acceptors (Lipinski definition) is 6. The van der Waals surface area contributed by atoms with Gasteiger partial charge in [-0.1, -0.05) is 52.3 Å². The number of carbonyl (C=O) groups excluding carboxylic acids is 3. The highest BCUT2D eigenvalue weighted by Crippen LogP contribution is 2.28. The predicted octanol–water partition coefficient (Wildman–Crippen LogP) is 5.87. The molecule has 6 nitrogen and oxygen atoms in total. The van der Waals surface area contributed by atoms with Crippen molar-refractivity contribution in [1.82, 2.24) is 15.2 Å². The molecule has 0 saturated carbocycles. The Balaban J connectivity index is 2.09. The molecule has 36 heavy (non-hydrogen) atoms. The summed E-state index contributed by atoms with van der Waals surface area (Å²) in [5, 5.41) is 4.61. The highest BCUT2D eigenvalue weighted by molar-refractivity contribution is 7.18. The largest absolute Gasteiger partial charge is 0.353 e. The van der Waals surface area contributed by atoms with E-state index in [2.05, 4.69) is 49.5 Å². The summed E-state index contributed by atoms with van der Waals surface area (Å²) in [7, 11) is 0. The van der Waals surface area contributed by atoms with Crippen LogP contribution in [0.3, 0.4) is 0 Å². The second-order valence-corrected chi connectivity index (χ2v) is 11.1. The Kier molecular flexibility index (Phi) is 12.2. The predicted molar refractivity (Wildman–Crippen MR) is 150 cm³/mol. The standard InChI is InChI=1S/C28H40ClN3O3S/c1-7-18(4)23(12-13-25(34)19(5)17-32(8-2)9-3)31-28(35)21(14-20(6)33)15-27-30-24-11-10-22(29)16-26(24)36-27/h10-11,16,18,21,23H,5,7-9,12-15,17H2,1-4,6H3,(H,31,35)/t18-,21-,23+/m0/s1. The minimum atomic E-state index is -0.515. The number of carbonyl (C=O) groups is 3. The Morgan fingerprint density at radius 3 is 2.50 bits per heavy atom. The number of fused-ring (bicyclic) bond motifs is 1. The van der Waals surface area contributed by atoms with Crippen LogP contribution in [0.4, 0.5) is 0 Å². The molecule has 3 atom stereocenters. The summed E-state index contributed by atoms with van der Waals surface area (Å²) in [4.78, 5) is 44.9. The molecule has 0 fully saturated rings. The van der Waals surface area contributed by atoms with Gasteiger partial charge in [0.25, 0.3) is 0 Å².